The van der Waals surface area contributed by atoms with Crippen LogP contribution in [0.5, 0.6) is 23.0 Å². The van der Waals surface area contributed by atoms with E-state index in [1.165, 1.54) is 19.1 Å². The minimum absolute atomic E-state index is 0.217. The zero-order valence-electron chi connectivity index (χ0n) is 20.3. The highest BCUT2D eigenvalue weighted by molar-refractivity contribution is 6.39. The Morgan fingerprint density at radius 1 is 0.914 bits per heavy atom. The van der Waals surface area contributed by atoms with Gasteiger partial charge in [-0.25, -0.2) is 4.42 Å². The summed E-state index contributed by atoms with van der Waals surface area (Å²) in [6.07, 6.45) is 0. The highest BCUT2D eigenvalue weighted by Gasteiger charge is 2.31. The smallest absolute Gasteiger partial charge is 0.276 e. The molecule has 0 saturated carbocycles. The van der Waals surface area contributed by atoms with E-state index in [4.69, 9.17) is 42.3 Å². The van der Waals surface area contributed by atoms with Gasteiger partial charge in [0.25, 0.3) is 5.91 Å². The van der Waals surface area contributed by atoms with Gasteiger partial charge in [-0.1, -0.05) is 17.7 Å². The lowest BCUT2D eigenvalue weighted by molar-refractivity contribution is -0.126. The molecule has 1 unspecified atom stereocenters. The van der Waals surface area contributed by atoms with Crippen LogP contribution in [-0.2, 0) is 9.59 Å². The van der Waals surface area contributed by atoms with Gasteiger partial charge in [-0.3, -0.25) is 9.59 Å². The summed E-state index contributed by atoms with van der Waals surface area (Å²) in [6, 6.07) is 6.51. The fraction of sp³-hybridized carbons (Fsp3) is 0.417. The molecule has 0 aliphatic carbocycles. The minimum atomic E-state index is -1.50. The number of halogens is 2. The van der Waals surface area contributed by atoms with Crippen LogP contribution in [0.4, 0.5) is 11.4 Å². The van der Waals surface area contributed by atoms with Crippen LogP contribution in [0.25, 0.3) is 0 Å². The summed E-state index contributed by atoms with van der Waals surface area (Å²) in [5, 5.41) is 8.35. The van der Waals surface area contributed by atoms with E-state index >= 15 is 0 Å². The second-order valence-corrected chi connectivity index (χ2v) is 7.66. The van der Waals surface area contributed by atoms with Crippen LogP contribution in [0.1, 0.15) is 34.6 Å². The molecule has 2 aromatic rings. The lowest BCUT2D eigenvalue weighted by Gasteiger charge is -2.21. The fourth-order valence-electron chi connectivity index (χ4n) is 3.01. The molecular weight excluding hydrogens is 497 g/mol. The van der Waals surface area contributed by atoms with Crippen molar-refractivity contribution in [1.29, 1.82) is 0 Å². The van der Waals surface area contributed by atoms with Gasteiger partial charge in [-0.05, 0) is 46.8 Å². The van der Waals surface area contributed by atoms with Gasteiger partial charge in [-0.15, -0.1) is 0 Å². The Morgan fingerprint density at radius 3 is 1.97 bits per heavy atom. The predicted molar refractivity (Wildman–Crippen MR) is 135 cm³/mol. The topological polar surface area (TPSA) is 99.0 Å². The summed E-state index contributed by atoms with van der Waals surface area (Å²) in [6.45, 7) is 9.89. The fourth-order valence-corrected chi connectivity index (χ4v) is 3.45. The average molecular weight is 526 g/mol. The van der Waals surface area contributed by atoms with Crippen LogP contribution in [0, 0.1) is 0 Å². The summed E-state index contributed by atoms with van der Waals surface area (Å²) < 4.78 is 23.1. The van der Waals surface area contributed by atoms with Crippen LogP contribution in [0.3, 0.4) is 0 Å². The number of hydrogen-bond donors (Lipinski definition) is 0. The third-order valence-electron chi connectivity index (χ3n) is 4.45. The molecule has 0 spiro atoms. The summed E-state index contributed by atoms with van der Waals surface area (Å²) in [5.41, 5.74) is 0.504. The van der Waals surface area contributed by atoms with E-state index in [0.717, 1.165) is 4.42 Å². The van der Waals surface area contributed by atoms with Crippen LogP contribution >= 0.6 is 23.4 Å². The highest BCUT2D eigenvalue weighted by Crippen LogP contribution is 2.40. The number of Topliss-reactive ketones (excluding diaryl/α,β-unsaturated/α-hetero) is 1. The highest BCUT2D eigenvalue weighted by atomic mass is 35.5. The van der Waals surface area contributed by atoms with Gasteiger partial charge >= 0.3 is 0 Å². The van der Waals surface area contributed by atoms with Crippen LogP contribution < -0.4 is 23.4 Å². The standard InChI is InChI=1S/C24H29Cl2N3O6/c1-6-32-18-12-10-11-17(23(18)35-9-4)29(26)24(31)22(15(5)30)28-27-16-13-19(33-7-2)21(25)20(14-16)34-8-3/h10-14,22H,6-9H2,1-5H3. The van der Waals surface area contributed by atoms with E-state index in [1.54, 1.807) is 39.0 Å². The van der Waals surface area contributed by atoms with Crippen LogP contribution in [-0.4, -0.2) is 44.2 Å². The molecule has 0 aliphatic rings. The number of rotatable bonds is 13. The average Bonchev–Trinajstić information content (AvgIpc) is 2.82. The first-order valence-corrected chi connectivity index (χ1v) is 11.9. The van der Waals surface area contributed by atoms with E-state index in [2.05, 4.69) is 10.2 Å². The zero-order valence-corrected chi connectivity index (χ0v) is 21.9. The van der Waals surface area contributed by atoms with Crippen molar-refractivity contribution in [3.63, 3.8) is 0 Å². The van der Waals surface area contributed by atoms with Crippen molar-refractivity contribution in [2.45, 2.75) is 40.7 Å². The third kappa shape index (κ3) is 7.22. The van der Waals surface area contributed by atoms with Gasteiger partial charge in [0, 0.05) is 23.9 Å². The third-order valence-corrected chi connectivity index (χ3v) is 5.17. The van der Waals surface area contributed by atoms with Gasteiger partial charge in [-0.2, -0.15) is 10.2 Å². The number of azo groups is 1. The first kappa shape index (κ1) is 28.2. The predicted octanol–water partition coefficient (Wildman–Crippen LogP) is 6.16. The SMILES string of the molecule is CCOc1cc(N=NC(C(C)=O)C(=O)N(Cl)c2cccc(OCC)c2OCC)cc(OCC)c1Cl. The Balaban J connectivity index is 2.41. The maximum absolute atomic E-state index is 13.2. The molecule has 0 aliphatic heterocycles. The molecule has 0 aromatic heterocycles. The van der Waals surface area contributed by atoms with E-state index < -0.39 is 17.7 Å². The number of carbonyl (C=O) groups is 2. The number of ketones is 1. The van der Waals surface area contributed by atoms with Gasteiger partial charge in [0.2, 0.25) is 6.04 Å². The normalized spacial score (nSPS) is 11.7. The van der Waals surface area contributed by atoms with Crippen molar-refractivity contribution < 1.29 is 28.5 Å². The second-order valence-electron chi connectivity index (χ2n) is 6.94. The van der Waals surface area contributed by atoms with Crippen molar-refractivity contribution in [1.82, 2.24) is 0 Å². The van der Waals surface area contributed by atoms with Crippen molar-refractivity contribution in [2.24, 2.45) is 10.2 Å². The number of ether oxygens (including phenoxy) is 4. The molecule has 190 valence electrons. The summed E-state index contributed by atoms with van der Waals surface area (Å²) in [4.78, 5) is 25.5. The molecule has 0 radical (unpaired) electrons. The minimum Gasteiger partial charge on any atom is -0.492 e. The Kier molecular flexibility index (Phi) is 11.1. The lowest BCUT2D eigenvalue weighted by Crippen LogP contribution is -2.36. The van der Waals surface area contributed by atoms with Gasteiger partial charge < -0.3 is 18.9 Å². The number of anilines is 1. The van der Waals surface area contributed by atoms with Crippen molar-refractivity contribution >= 4 is 46.4 Å². The molecule has 1 amide bonds. The molecule has 0 N–H and O–H groups in total. The number of benzene rings is 2. The molecule has 35 heavy (non-hydrogen) atoms. The summed E-state index contributed by atoms with van der Waals surface area (Å²) >= 11 is 12.7. The quantitative estimate of drug-likeness (QED) is 0.176. The Labute approximate surface area is 215 Å². The molecule has 9 nitrogen and oxygen atoms in total. The van der Waals surface area contributed by atoms with Gasteiger partial charge in [0.05, 0.1) is 32.1 Å². The molecular formula is C24H29Cl2N3O6. The molecule has 2 aromatic carbocycles. The molecule has 0 fully saturated rings. The van der Waals surface area contributed by atoms with E-state index in [1.807, 2.05) is 6.92 Å². The number of para-hydroxylation sites is 1. The van der Waals surface area contributed by atoms with E-state index in [0.29, 0.717) is 43.7 Å². The van der Waals surface area contributed by atoms with Crippen LogP contribution in [0.15, 0.2) is 40.6 Å². The summed E-state index contributed by atoms with van der Waals surface area (Å²) in [7, 11) is 0. The molecule has 11 heteroatoms. The Morgan fingerprint density at radius 2 is 1.46 bits per heavy atom. The first-order valence-electron chi connectivity index (χ1n) is 11.2. The van der Waals surface area contributed by atoms with Crippen molar-refractivity contribution in [2.75, 3.05) is 30.8 Å². The van der Waals surface area contributed by atoms with E-state index in [9.17, 15) is 9.59 Å². The number of carbonyl (C=O) groups excluding carboxylic acids is 2. The maximum atomic E-state index is 13.2. The summed E-state index contributed by atoms with van der Waals surface area (Å²) in [5.74, 6) is 0.0220. The zero-order chi connectivity index (χ0) is 26.0. The maximum Gasteiger partial charge on any atom is 0.276 e. The second kappa shape index (κ2) is 13.7. The molecule has 0 saturated heterocycles. The number of amides is 1. The molecule has 1 atom stereocenters. The van der Waals surface area contributed by atoms with Crippen molar-refractivity contribution in [3.05, 3.63) is 35.4 Å². The molecule has 0 bridgehead atoms. The number of nitrogens with zero attached hydrogens (tertiary/aromatic N) is 3. The monoisotopic (exact) mass is 525 g/mol. The van der Waals surface area contributed by atoms with Crippen molar-refractivity contribution in [3.8, 4) is 23.0 Å². The molecule has 0 heterocycles. The molecule has 2 rings (SSSR count). The number of hydrogen-bond acceptors (Lipinski definition) is 8. The largest absolute Gasteiger partial charge is 0.492 e. The van der Waals surface area contributed by atoms with Gasteiger partial charge in [0.15, 0.2) is 17.3 Å². The Hall–Kier alpha value is -3.04. The van der Waals surface area contributed by atoms with E-state index in [-0.39, 0.29) is 22.1 Å². The Bertz CT molecular complexity index is 1040. The first-order chi connectivity index (χ1) is 16.8. The van der Waals surface area contributed by atoms with Crippen LogP contribution in [0.2, 0.25) is 5.02 Å². The van der Waals surface area contributed by atoms with Gasteiger partial charge in [0.1, 0.15) is 22.2 Å². The lowest BCUT2D eigenvalue weighted by atomic mass is 10.2.